The van der Waals surface area contributed by atoms with E-state index in [1.807, 2.05) is 18.3 Å². The van der Waals surface area contributed by atoms with Crippen LogP contribution in [0, 0.1) is 0 Å². The van der Waals surface area contributed by atoms with Gasteiger partial charge in [0.1, 0.15) is 0 Å². The molecule has 29 heavy (non-hydrogen) atoms. The van der Waals surface area contributed by atoms with Gasteiger partial charge >= 0.3 is 5.97 Å². The zero-order valence-electron chi connectivity index (χ0n) is 17.6. The highest BCUT2D eigenvalue weighted by molar-refractivity contribution is 7.14. The van der Waals surface area contributed by atoms with E-state index in [2.05, 4.69) is 39.1 Å². The van der Waals surface area contributed by atoms with Gasteiger partial charge < -0.3 is 4.74 Å². The van der Waals surface area contributed by atoms with E-state index in [0.717, 1.165) is 45.9 Å². The van der Waals surface area contributed by atoms with Crippen LogP contribution < -0.4 is 0 Å². The van der Waals surface area contributed by atoms with Gasteiger partial charge in [-0.1, -0.05) is 39.8 Å². The summed E-state index contributed by atoms with van der Waals surface area (Å²) in [7, 11) is 1.39. The van der Waals surface area contributed by atoms with Crippen LogP contribution in [0.1, 0.15) is 62.3 Å². The summed E-state index contributed by atoms with van der Waals surface area (Å²) in [6.45, 7) is 9.05. The first-order valence-electron chi connectivity index (χ1n) is 9.87. The Morgan fingerprint density at radius 3 is 2.31 bits per heavy atom. The maximum Gasteiger partial charge on any atom is 0.337 e. The first-order valence-corrected chi connectivity index (χ1v) is 10.7. The molecule has 5 heteroatoms. The maximum atomic E-state index is 11.6. The van der Waals surface area contributed by atoms with Gasteiger partial charge in [0.2, 0.25) is 0 Å². The van der Waals surface area contributed by atoms with Gasteiger partial charge in [-0.25, -0.2) is 9.78 Å². The number of fused-ring (bicyclic) bond motifs is 1. The molecule has 2 aromatic heterocycles. The molecular formula is C24H26N2O2S. The van der Waals surface area contributed by atoms with E-state index < -0.39 is 0 Å². The van der Waals surface area contributed by atoms with Crippen LogP contribution >= 0.6 is 11.3 Å². The average molecular weight is 407 g/mol. The minimum absolute atomic E-state index is 0.0394. The molecule has 1 aliphatic rings. The predicted molar refractivity (Wildman–Crippen MR) is 117 cm³/mol. The average Bonchev–Trinajstić information content (AvgIpc) is 3.21. The Bertz CT molecular complexity index is 1060. The second-order valence-corrected chi connectivity index (χ2v) is 9.90. The van der Waals surface area contributed by atoms with E-state index in [-0.39, 0.29) is 16.8 Å². The van der Waals surface area contributed by atoms with E-state index in [0.29, 0.717) is 5.56 Å². The fourth-order valence-corrected chi connectivity index (χ4v) is 4.75. The number of nitrogens with zero attached hydrogens (tertiary/aromatic N) is 2. The lowest BCUT2D eigenvalue weighted by Crippen LogP contribution is -2.36. The van der Waals surface area contributed by atoms with Gasteiger partial charge in [0.05, 0.1) is 40.8 Å². The summed E-state index contributed by atoms with van der Waals surface area (Å²) < 4.78 is 4.77. The summed E-state index contributed by atoms with van der Waals surface area (Å²) in [5.41, 5.74) is 6.02. The lowest BCUT2D eigenvalue weighted by atomic mass is 9.67. The smallest absolute Gasteiger partial charge is 0.337 e. The zero-order chi connectivity index (χ0) is 20.8. The quantitative estimate of drug-likeness (QED) is 0.500. The molecule has 4 nitrogen and oxygen atoms in total. The van der Waals surface area contributed by atoms with E-state index in [4.69, 9.17) is 14.7 Å². The number of hydrogen-bond acceptors (Lipinski definition) is 5. The minimum Gasteiger partial charge on any atom is -0.465 e. The van der Waals surface area contributed by atoms with Crippen molar-refractivity contribution in [2.24, 2.45) is 0 Å². The Labute approximate surface area is 176 Å². The minimum atomic E-state index is -0.322. The van der Waals surface area contributed by atoms with Crippen molar-refractivity contribution in [3.63, 3.8) is 0 Å². The summed E-state index contributed by atoms with van der Waals surface area (Å²) in [5, 5.41) is 2.12. The molecule has 4 rings (SSSR count). The maximum absolute atomic E-state index is 11.6. The summed E-state index contributed by atoms with van der Waals surface area (Å²) in [6, 6.07) is 9.63. The third-order valence-corrected chi connectivity index (χ3v) is 6.87. The number of hydrogen-bond donors (Lipinski definition) is 0. The molecule has 0 saturated carbocycles. The molecule has 0 atom stereocenters. The zero-order valence-corrected chi connectivity index (χ0v) is 18.4. The van der Waals surface area contributed by atoms with Crippen molar-refractivity contribution in [1.82, 2.24) is 9.97 Å². The molecule has 3 aromatic rings. The number of methoxy groups -OCH3 is 1. The molecule has 0 bridgehead atoms. The normalized spacial score (nSPS) is 16.9. The molecule has 0 unspecified atom stereocenters. The number of rotatable bonds is 3. The van der Waals surface area contributed by atoms with Gasteiger partial charge in [0, 0.05) is 10.8 Å². The van der Waals surface area contributed by atoms with Gasteiger partial charge in [-0.3, -0.25) is 4.98 Å². The summed E-state index contributed by atoms with van der Waals surface area (Å²) in [5.74, 6) is -0.322. The molecule has 2 heterocycles. The number of carbonyl (C=O) groups excluding carboxylic acids is 1. The second kappa shape index (κ2) is 7.06. The summed E-state index contributed by atoms with van der Waals surface area (Å²) >= 11 is 1.67. The van der Waals surface area contributed by atoms with E-state index >= 15 is 0 Å². The largest absolute Gasteiger partial charge is 0.465 e. The number of ether oxygens (including phenoxy) is 1. The Morgan fingerprint density at radius 1 is 1.00 bits per heavy atom. The van der Waals surface area contributed by atoms with Crippen molar-refractivity contribution in [3.8, 4) is 21.7 Å². The van der Waals surface area contributed by atoms with Crippen molar-refractivity contribution in [2.75, 3.05) is 7.11 Å². The van der Waals surface area contributed by atoms with Gasteiger partial charge in [-0.15, -0.1) is 11.3 Å². The van der Waals surface area contributed by atoms with Crippen LogP contribution in [0.25, 0.3) is 21.7 Å². The van der Waals surface area contributed by atoms with Crippen LogP contribution in [0.5, 0.6) is 0 Å². The SMILES string of the molecule is COC(=O)c1ccc(-c2csc(-c3cnc4c(n3)C(C)(C)CCC4(C)C)c2)cc1. The molecule has 1 aliphatic carbocycles. The van der Waals surface area contributed by atoms with Gasteiger partial charge in [0.15, 0.2) is 0 Å². The highest BCUT2D eigenvalue weighted by Crippen LogP contribution is 2.44. The number of thiophene rings is 1. The molecule has 0 N–H and O–H groups in total. The first-order chi connectivity index (χ1) is 13.7. The highest BCUT2D eigenvalue weighted by Gasteiger charge is 2.39. The van der Waals surface area contributed by atoms with Crippen LogP contribution in [0.15, 0.2) is 41.9 Å². The summed E-state index contributed by atoms with van der Waals surface area (Å²) in [6.07, 6.45) is 4.16. The van der Waals surface area contributed by atoms with Crippen molar-refractivity contribution in [1.29, 1.82) is 0 Å². The van der Waals surface area contributed by atoms with Crippen LogP contribution in [-0.2, 0) is 15.6 Å². The standard InChI is InChI=1S/C24H26N2O2S/c1-23(2)10-11-24(3,4)21-20(23)25-13-18(26-21)19-12-17(14-29-19)15-6-8-16(9-7-15)22(27)28-5/h6-9,12-14H,10-11H2,1-5H3. The van der Waals surface area contributed by atoms with Crippen molar-refractivity contribution in [3.05, 3.63) is 58.9 Å². The topological polar surface area (TPSA) is 52.1 Å². The molecule has 0 radical (unpaired) electrons. The van der Waals surface area contributed by atoms with Crippen molar-refractivity contribution < 1.29 is 9.53 Å². The molecule has 0 amide bonds. The third-order valence-electron chi connectivity index (χ3n) is 5.92. The number of carbonyl (C=O) groups is 1. The Hall–Kier alpha value is -2.53. The number of benzene rings is 1. The molecule has 150 valence electrons. The van der Waals surface area contributed by atoms with Crippen molar-refractivity contribution in [2.45, 2.75) is 51.4 Å². The first kappa shape index (κ1) is 19.8. The molecule has 1 aromatic carbocycles. The lowest BCUT2D eigenvalue weighted by molar-refractivity contribution is 0.0601. The molecule has 0 fully saturated rings. The van der Waals surface area contributed by atoms with Gasteiger partial charge in [-0.05, 0) is 47.5 Å². The molecule has 0 spiro atoms. The molecular weight excluding hydrogens is 380 g/mol. The van der Waals surface area contributed by atoms with Crippen molar-refractivity contribution >= 4 is 17.3 Å². The second-order valence-electron chi connectivity index (χ2n) is 8.99. The fourth-order valence-electron chi connectivity index (χ4n) is 3.88. The highest BCUT2D eigenvalue weighted by atomic mass is 32.1. The predicted octanol–water partition coefficient (Wildman–Crippen LogP) is 6.01. The Kier molecular flexibility index (Phi) is 4.82. The lowest BCUT2D eigenvalue weighted by Gasteiger charge is -2.39. The summed E-state index contributed by atoms with van der Waals surface area (Å²) in [4.78, 5) is 22.7. The number of esters is 1. The number of aromatic nitrogens is 2. The van der Waals surface area contributed by atoms with Gasteiger partial charge in [-0.2, -0.15) is 0 Å². The van der Waals surface area contributed by atoms with E-state index in [9.17, 15) is 4.79 Å². The van der Waals surface area contributed by atoms with Gasteiger partial charge in [0.25, 0.3) is 0 Å². The van der Waals surface area contributed by atoms with Crippen LogP contribution in [0.4, 0.5) is 0 Å². The monoisotopic (exact) mass is 406 g/mol. The van der Waals surface area contributed by atoms with Crippen LogP contribution in [-0.4, -0.2) is 23.0 Å². The Morgan fingerprint density at radius 2 is 1.66 bits per heavy atom. The van der Waals surface area contributed by atoms with E-state index in [1.165, 1.54) is 7.11 Å². The van der Waals surface area contributed by atoms with Crippen LogP contribution in [0.3, 0.4) is 0 Å². The Balaban J connectivity index is 1.68. The van der Waals surface area contributed by atoms with Crippen LogP contribution in [0.2, 0.25) is 0 Å². The third kappa shape index (κ3) is 3.60. The molecule has 0 saturated heterocycles. The molecule has 0 aliphatic heterocycles. The fraction of sp³-hybridized carbons (Fsp3) is 0.375. The van der Waals surface area contributed by atoms with E-state index in [1.54, 1.807) is 23.5 Å².